The van der Waals surface area contributed by atoms with E-state index in [1.54, 1.807) is 18.0 Å². The van der Waals surface area contributed by atoms with E-state index >= 15 is 0 Å². The summed E-state index contributed by atoms with van der Waals surface area (Å²) in [6.45, 7) is 1.04. The fourth-order valence-electron chi connectivity index (χ4n) is 2.54. The summed E-state index contributed by atoms with van der Waals surface area (Å²) in [7, 11) is 1.70. The number of hydrogen-bond donors (Lipinski definition) is 1. The van der Waals surface area contributed by atoms with Gasteiger partial charge in [0.05, 0.1) is 18.4 Å². The standard InChI is InChI=1S/C13H18N2O4/c1-14-6-7-15(8-11(14)16)12(17)9-4-2-3-5-10(9)13(18)19/h2-3,9-10H,4-8H2,1H3,(H,18,19)/t9-,10+/m1/s1. The summed E-state index contributed by atoms with van der Waals surface area (Å²) < 4.78 is 0. The molecule has 0 spiro atoms. The number of carboxylic acids is 1. The maximum Gasteiger partial charge on any atom is 0.307 e. The zero-order valence-electron chi connectivity index (χ0n) is 10.9. The summed E-state index contributed by atoms with van der Waals surface area (Å²) in [4.78, 5) is 38.2. The highest BCUT2D eigenvalue weighted by atomic mass is 16.4. The molecule has 2 aliphatic rings. The number of likely N-dealkylation sites (N-methyl/N-ethyl adjacent to an activating group) is 1. The van der Waals surface area contributed by atoms with Crippen molar-refractivity contribution < 1.29 is 19.5 Å². The van der Waals surface area contributed by atoms with Gasteiger partial charge >= 0.3 is 5.97 Å². The molecule has 104 valence electrons. The van der Waals surface area contributed by atoms with E-state index in [4.69, 9.17) is 0 Å². The van der Waals surface area contributed by atoms with Crippen LogP contribution in [0.25, 0.3) is 0 Å². The first kappa shape index (κ1) is 13.6. The molecular formula is C13H18N2O4. The molecule has 1 aliphatic carbocycles. The Labute approximate surface area is 111 Å². The van der Waals surface area contributed by atoms with Crippen molar-refractivity contribution in [2.75, 3.05) is 26.7 Å². The van der Waals surface area contributed by atoms with Crippen molar-refractivity contribution >= 4 is 17.8 Å². The molecule has 0 aromatic rings. The lowest BCUT2D eigenvalue weighted by molar-refractivity contribution is -0.153. The van der Waals surface area contributed by atoms with Gasteiger partial charge in [-0.25, -0.2) is 0 Å². The third kappa shape index (κ3) is 2.77. The third-order valence-electron chi connectivity index (χ3n) is 3.84. The molecule has 6 nitrogen and oxygen atoms in total. The van der Waals surface area contributed by atoms with E-state index in [0.717, 1.165) is 0 Å². The molecule has 1 saturated heterocycles. The quantitative estimate of drug-likeness (QED) is 0.711. The Bertz CT molecular complexity index is 432. The van der Waals surface area contributed by atoms with Crippen molar-refractivity contribution in [2.45, 2.75) is 12.8 Å². The molecular weight excluding hydrogens is 248 g/mol. The highest BCUT2D eigenvalue weighted by Crippen LogP contribution is 2.28. The zero-order chi connectivity index (χ0) is 14.0. The Morgan fingerprint density at radius 1 is 1.21 bits per heavy atom. The molecule has 0 aromatic heterocycles. The summed E-state index contributed by atoms with van der Waals surface area (Å²) in [5.74, 6) is -2.47. The van der Waals surface area contributed by atoms with Gasteiger partial charge in [0.1, 0.15) is 0 Å². The Morgan fingerprint density at radius 3 is 2.42 bits per heavy atom. The van der Waals surface area contributed by atoms with E-state index in [9.17, 15) is 19.5 Å². The SMILES string of the molecule is CN1CCN(C(=O)[C@@H]2CC=CC[C@@H]2C(=O)O)CC1=O. The molecule has 2 amide bonds. The summed E-state index contributed by atoms with van der Waals surface area (Å²) in [5.41, 5.74) is 0. The zero-order valence-corrected chi connectivity index (χ0v) is 10.9. The second-order valence-electron chi connectivity index (χ2n) is 5.07. The van der Waals surface area contributed by atoms with E-state index in [0.29, 0.717) is 25.9 Å². The first-order valence-electron chi connectivity index (χ1n) is 6.41. The number of carbonyl (C=O) groups is 3. The van der Waals surface area contributed by atoms with E-state index in [2.05, 4.69) is 0 Å². The maximum absolute atomic E-state index is 12.4. The topological polar surface area (TPSA) is 77.9 Å². The smallest absolute Gasteiger partial charge is 0.307 e. The van der Waals surface area contributed by atoms with Crippen LogP contribution in [0.2, 0.25) is 0 Å². The number of carboxylic acid groups (broad SMARTS) is 1. The van der Waals surface area contributed by atoms with Gasteiger partial charge in [-0.05, 0) is 12.8 Å². The molecule has 6 heteroatoms. The molecule has 1 aliphatic heterocycles. The molecule has 19 heavy (non-hydrogen) atoms. The summed E-state index contributed by atoms with van der Waals surface area (Å²) in [5, 5.41) is 9.17. The Morgan fingerprint density at radius 2 is 1.84 bits per heavy atom. The molecule has 0 saturated carbocycles. The Balaban J connectivity index is 2.08. The molecule has 0 radical (unpaired) electrons. The number of nitrogens with zero attached hydrogens (tertiary/aromatic N) is 2. The summed E-state index contributed by atoms with van der Waals surface area (Å²) >= 11 is 0. The normalized spacial score (nSPS) is 27.5. The van der Waals surface area contributed by atoms with Crippen molar-refractivity contribution in [1.29, 1.82) is 0 Å². The first-order chi connectivity index (χ1) is 9.00. The summed E-state index contributed by atoms with van der Waals surface area (Å²) in [6, 6.07) is 0. The van der Waals surface area contributed by atoms with Gasteiger partial charge in [0.15, 0.2) is 0 Å². The van der Waals surface area contributed by atoms with Crippen LogP contribution in [0.3, 0.4) is 0 Å². The van der Waals surface area contributed by atoms with Gasteiger partial charge in [0.25, 0.3) is 0 Å². The lowest BCUT2D eigenvalue weighted by Crippen LogP contribution is -2.53. The lowest BCUT2D eigenvalue weighted by atomic mass is 9.82. The van der Waals surface area contributed by atoms with Gasteiger partial charge in [-0.2, -0.15) is 0 Å². The van der Waals surface area contributed by atoms with Crippen molar-refractivity contribution in [2.24, 2.45) is 11.8 Å². The van der Waals surface area contributed by atoms with Crippen molar-refractivity contribution in [3.63, 3.8) is 0 Å². The Hall–Kier alpha value is -1.85. The second-order valence-corrected chi connectivity index (χ2v) is 5.07. The Kier molecular flexibility index (Phi) is 3.87. The molecule has 0 bridgehead atoms. The minimum absolute atomic E-state index is 0.0574. The van der Waals surface area contributed by atoms with E-state index in [1.165, 1.54) is 4.90 Å². The molecule has 1 heterocycles. The fourth-order valence-corrected chi connectivity index (χ4v) is 2.54. The molecule has 0 unspecified atom stereocenters. The lowest BCUT2D eigenvalue weighted by Gasteiger charge is -2.35. The van der Waals surface area contributed by atoms with Gasteiger partial charge in [0, 0.05) is 20.1 Å². The minimum atomic E-state index is -0.942. The van der Waals surface area contributed by atoms with E-state index in [1.807, 2.05) is 6.08 Å². The largest absolute Gasteiger partial charge is 0.481 e. The average molecular weight is 266 g/mol. The molecule has 1 fully saturated rings. The highest BCUT2D eigenvalue weighted by Gasteiger charge is 2.37. The van der Waals surface area contributed by atoms with Gasteiger partial charge in [-0.3, -0.25) is 14.4 Å². The first-order valence-corrected chi connectivity index (χ1v) is 6.41. The van der Waals surface area contributed by atoms with Crippen LogP contribution >= 0.6 is 0 Å². The third-order valence-corrected chi connectivity index (χ3v) is 3.84. The molecule has 2 rings (SSSR count). The van der Waals surface area contributed by atoms with Gasteiger partial charge in [-0.15, -0.1) is 0 Å². The monoisotopic (exact) mass is 266 g/mol. The number of carbonyl (C=O) groups excluding carboxylic acids is 2. The predicted octanol–water partition coefficient (Wildman–Crippen LogP) is -0.0460. The number of piperazine rings is 1. The van der Waals surface area contributed by atoms with Crippen LogP contribution in [0.15, 0.2) is 12.2 Å². The van der Waals surface area contributed by atoms with Crippen LogP contribution < -0.4 is 0 Å². The predicted molar refractivity (Wildman–Crippen MR) is 67.2 cm³/mol. The van der Waals surface area contributed by atoms with Crippen LogP contribution in [0.4, 0.5) is 0 Å². The van der Waals surface area contributed by atoms with E-state index in [-0.39, 0.29) is 18.4 Å². The fraction of sp³-hybridized carbons (Fsp3) is 0.615. The molecule has 0 aromatic carbocycles. The number of hydrogen-bond acceptors (Lipinski definition) is 3. The van der Waals surface area contributed by atoms with Gasteiger partial charge < -0.3 is 14.9 Å². The number of allylic oxidation sites excluding steroid dienone is 2. The highest BCUT2D eigenvalue weighted by molar-refractivity contribution is 5.89. The van der Waals surface area contributed by atoms with Crippen molar-refractivity contribution in [3.8, 4) is 0 Å². The van der Waals surface area contributed by atoms with Crippen LogP contribution in [0, 0.1) is 11.8 Å². The van der Waals surface area contributed by atoms with Crippen molar-refractivity contribution in [1.82, 2.24) is 9.80 Å². The van der Waals surface area contributed by atoms with Gasteiger partial charge in [-0.1, -0.05) is 12.2 Å². The number of aliphatic carboxylic acids is 1. The van der Waals surface area contributed by atoms with Crippen LogP contribution in [-0.4, -0.2) is 59.4 Å². The second kappa shape index (κ2) is 5.42. The van der Waals surface area contributed by atoms with Crippen LogP contribution in [0.5, 0.6) is 0 Å². The molecule has 2 atom stereocenters. The number of rotatable bonds is 2. The van der Waals surface area contributed by atoms with Crippen molar-refractivity contribution in [3.05, 3.63) is 12.2 Å². The van der Waals surface area contributed by atoms with Crippen LogP contribution in [0.1, 0.15) is 12.8 Å². The van der Waals surface area contributed by atoms with Gasteiger partial charge in [0.2, 0.25) is 11.8 Å². The number of amides is 2. The van der Waals surface area contributed by atoms with Crippen LogP contribution in [-0.2, 0) is 14.4 Å². The maximum atomic E-state index is 12.4. The van der Waals surface area contributed by atoms with E-state index < -0.39 is 17.8 Å². The minimum Gasteiger partial charge on any atom is -0.481 e. The molecule has 1 N–H and O–H groups in total. The summed E-state index contributed by atoms with van der Waals surface area (Å²) in [6.07, 6.45) is 4.47. The average Bonchev–Trinajstić information content (AvgIpc) is 2.41.